The molecular formula is C21H23F3IN5O3. The van der Waals surface area contributed by atoms with Gasteiger partial charge in [0.1, 0.15) is 12.3 Å². The molecule has 33 heavy (non-hydrogen) atoms. The SMILES string of the molecule is COc1cc(N2CCN(C(=O)Cn3nc(C(F)(F)F)c(C)c3C)CC2)c(C(O)C#N)cc1I. The molecule has 8 nitrogen and oxygen atoms in total. The van der Waals surface area contributed by atoms with Gasteiger partial charge in [-0.3, -0.25) is 9.48 Å². The molecule has 12 heteroatoms. The van der Waals surface area contributed by atoms with E-state index in [-0.39, 0.29) is 18.0 Å². The lowest BCUT2D eigenvalue weighted by Gasteiger charge is -2.37. The summed E-state index contributed by atoms with van der Waals surface area (Å²) < 4.78 is 46.5. The predicted molar refractivity (Wildman–Crippen MR) is 122 cm³/mol. The van der Waals surface area contributed by atoms with Crippen LogP contribution in [0, 0.1) is 28.7 Å². The van der Waals surface area contributed by atoms with E-state index in [1.807, 2.05) is 11.0 Å². The second kappa shape index (κ2) is 9.76. The van der Waals surface area contributed by atoms with Crippen LogP contribution >= 0.6 is 22.6 Å². The van der Waals surface area contributed by atoms with Crippen molar-refractivity contribution in [3.05, 3.63) is 38.2 Å². The third kappa shape index (κ3) is 5.19. The average molecular weight is 577 g/mol. The molecule has 1 unspecified atom stereocenters. The van der Waals surface area contributed by atoms with Crippen molar-refractivity contribution < 1.29 is 27.8 Å². The molecule has 1 atom stereocenters. The smallest absolute Gasteiger partial charge is 0.435 e. The number of anilines is 1. The molecule has 0 aliphatic carbocycles. The largest absolute Gasteiger partial charge is 0.496 e. The van der Waals surface area contributed by atoms with Gasteiger partial charge in [0.05, 0.1) is 16.7 Å². The highest BCUT2D eigenvalue weighted by molar-refractivity contribution is 14.1. The lowest BCUT2D eigenvalue weighted by Crippen LogP contribution is -2.50. The van der Waals surface area contributed by atoms with Gasteiger partial charge in [-0.1, -0.05) is 0 Å². The second-order valence-electron chi connectivity index (χ2n) is 7.66. The molecule has 178 valence electrons. The standard InChI is InChI=1S/C21H23F3IN5O3/c1-12-13(2)30(27-20(12)21(22,23)24)11-19(32)29-6-4-28(5-7-29)16-9-18(33-3)15(25)8-14(16)17(31)10-26/h8-9,17,31H,4-7,11H2,1-3H3. The van der Waals surface area contributed by atoms with Gasteiger partial charge in [0.2, 0.25) is 5.91 Å². The zero-order valence-corrected chi connectivity index (χ0v) is 20.4. The molecule has 1 aromatic heterocycles. The zero-order valence-electron chi connectivity index (χ0n) is 18.3. The Balaban J connectivity index is 1.73. The van der Waals surface area contributed by atoms with E-state index < -0.39 is 18.0 Å². The number of halogens is 4. The van der Waals surface area contributed by atoms with E-state index in [4.69, 9.17) is 4.74 Å². The van der Waals surface area contributed by atoms with E-state index in [0.717, 1.165) is 8.25 Å². The number of carbonyl (C=O) groups excluding carboxylic acids is 1. The van der Waals surface area contributed by atoms with Gasteiger partial charge in [-0.2, -0.15) is 23.5 Å². The number of piperazine rings is 1. The minimum absolute atomic E-state index is 0.0105. The van der Waals surface area contributed by atoms with Crippen LogP contribution in [0.25, 0.3) is 0 Å². The van der Waals surface area contributed by atoms with Crippen LogP contribution < -0.4 is 9.64 Å². The van der Waals surface area contributed by atoms with E-state index in [0.29, 0.717) is 48.9 Å². The van der Waals surface area contributed by atoms with Crippen LogP contribution in [-0.2, 0) is 17.5 Å². The summed E-state index contributed by atoms with van der Waals surface area (Å²) in [6.07, 6.45) is -5.89. The van der Waals surface area contributed by atoms with E-state index in [1.54, 1.807) is 17.0 Å². The number of methoxy groups -OCH3 is 1. The molecule has 1 aliphatic heterocycles. The number of aliphatic hydroxyl groups is 1. The Kier molecular flexibility index (Phi) is 7.42. The maximum Gasteiger partial charge on any atom is 0.435 e. The van der Waals surface area contributed by atoms with E-state index in [1.165, 1.54) is 21.0 Å². The maximum absolute atomic E-state index is 13.1. The number of carbonyl (C=O) groups is 1. The Labute approximate surface area is 202 Å². The predicted octanol–water partition coefficient (Wildman–Crippen LogP) is 3.04. The molecule has 0 bridgehead atoms. The van der Waals surface area contributed by atoms with Gasteiger partial charge in [-0.05, 0) is 42.5 Å². The molecule has 1 aliphatic rings. The number of aliphatic hydroxyl groups excluding tert-OH is 1. The zero-order chi connectivity index (χ0) is 24.5. The Morgan fingerprint density at radius 3 is 2.45 bits per heavy atom. The third-order valence-electron chi connectivity index (χ3n) is 5.75. The van der Waals surface area contributed by atoms with Crippen LogP contribution in [0.2, 0.25) is 0 Å². The molecule has 3 rings (SSSR count). The molecule has 2 aromatic rings. The van der Waals surface area contributed by atoms with Crippen molar-refractivity contribution in [1.82, 2.24) is 14.7 Å². The number of nitriles is 1. The summed E-state index contributed by atoms with van der Waals surface area (Å²) in [6.45, 7) is 4.08. The number of aromatic nitrogens is 2. The van der Waals surface area contributed by atoms with Crippen molar-refractivity contribution >= 4 is 34.2 Å². The molecular weight excluding hydrogens is 554 g/mol. The van der Waals surface area contributed by atoms with Crippen molar-refractivity contribution in [1.29, 1.82) is 5.26 Å². The number of rotatable bonds is 5. The molecule has 1 saturated heterocycles. The summed E-state index contributed by atoms with van der Waals surface area (Å²) >= 11 is 2.06. The normalized spacial score (nSPS) is 15.4. The summed E-state index contributed by atoms with van der Waals surface area (Å²) in [5.74, 6) is 0.273. The quantitative estimate of drug-likeness (QED) is 0.434. The summed E-state index contributed by atoms with van der Waals surface area (Å²) in [6, 6.07) is 5.28. The monoisotopic (exact) mass is 577 g/mol. The topological polar surface area (TPSA) is 94.6 Å². The van der Waals surface area contributed by atoms with Crippen LogP contribution in [0.1, 0.15) is 28.6 Å². The number of hydrogen-bond acceptors (Lipinski definition) is 6. The highest BCUT2D eigenvalue weighted by atomic mass is 127. The van der Waals surface area contributed by atoms with E-state index in [2.05, 4.69) is 27.7 Å². The minimum atomic E-state index is -4.57. The summed E-state index contributed by atoms with van der Waals surface area (Å²) in [7, 11) is 1.53. The van der Waals surface area contributed by atoms with Crippen LogP contribution in [0.15, 0.2) is 12.1 Å². The number of nitrogens with zero attached hydrogens (tertiary/aromatic N) is 5. The molecule has 1 aromatic carbocycles. The Morgan fingerprint density at radius 2 is 1.94 bits per heavy atom. The summed E-state index contributed by atoms with van der Waals surface area (Å²) in [5, 5.41) is 23.0. The van der Waals surface area contributed by atoms with Gasteiger partial charge in [0, 0.05) is 54.8 Å². The fourth-order valence-corrected chi connectivity index (χ4v) is 4.47. The fourth-order valence-electron chi connectivity index (χ4n) is 3.76. The van der Waals surface area contributed by atoms with Crippen LogP contribution in [0.5, 0.6) is 5.75 Å². The van der Waals surface area contributed by atoms with E-state index >= 15 is 0 Å². The van der Waals surface area contributed by atoms with Gasteiger partial charge >= 0.3 is 6.18 Å². The highest BCUT2D eigenvalue weighted by Crippen LogP contribution is 2.35. The van der Waals surface area contributed by atoms with Crippen molar-refractivity contribution in [2.75, 3.05) is 38.2 Å². The van der Waals surface area contributed by atoms with Gasteiger partial charge in [0.15, 0.2) is 11.8 Å². The molecule has 0 spiro atoms. The molecule has 1 amide bonds. The number of hydrogen-bond donors (Lipinski definition) is 1. The minimum Gasteiger partial charge on any atom is -0.496 e. The first kappa shape index (κ1) is 25.1. The second-order valence-corrected chi connectivity index (χ2v) is 8.82. The first-order valence-corrected chi connectivity index (χ1v) is 11.1. The molecule has 0 saturated carbocycles. The first-order chi connectivity index (χ1) is 15.5. The van der Waals surface area contributed by atoms with Crippen molar-refractivity contribution in [2.24, 2.45) is 0 Å². The molecule has 2 heterocycles. The van der Waals surface area contributed by atoms with Crippen LogP contribution in [0.4, 0.5) is 18.9 Å². The number of ether oxygens (including phenoxy) is 1. The van der Waals surface area contributed by atoms with Crippen molar-refractivity contribution in [3.63, 3.8) is 0 Å². The van der Waals surface area contributed by atoms with Crippen LogP contribution in [-0.4, -0.2) is 59.0 Å². The third-order valence-corrected chi connectivity index (χ3v) is 6.59. The van der Waals surface area contributed by atoms with Gasteiger partial charge in [-0.25, -0.2) is 0 Å². The molecule has 0 radical (unpaired) electrons. The van der Waals surface area contributed by atoms with Crippen LogP contribution in [0.3, 0.4) is 0 Å². The van der Waals surface area contributed by atoms with E-state index in [9.17, 15) is 28.3 Å². The fraction of sp³-hybridized carbons (Fsp3) is 0.476. The van der Waals surface area contributed by atoms with Crippen molar-refractivity contribution in [2.45, 2.75) is 32.7 Å². The average Bonchev–Trinajstić information content (AvgIpc) is 3.07. The Hall–Kier alpha value is -2.53. The Bertz CT molecular complexity index is 1090. The Morgan fingerprint density at radius 1 is 1.30 bits per heavy atom. The number of alkyl halides is 3. The number of benzene rings is 1. The first-order valence-electron chi connectivity index (χ1n) is 10.1. The number of amides is 1. The lowest BCUT2D eigenvalue weighted by atomic mass is 10.1. The maximum atomic E-state index is 13.1. The van der Waals surface area contributed by atoms with Gasteiger partial charge < -0.3 is 19.6 Å². The molecule has 1 fully saturated rings. The van der Waals surface area contributed by atoms with Gasteiger partial charge in [0.25, 0.3) is 0 Å². The highest BCUT2D eigenvalue weighted by Gasteiger charge is 2.37. The molecule has 1 N–H and O–H groups in total. The van der Waals surface area contributed by atoms with Gasteiger partial charge in [-0.15, -0.1) is 0 Å². The lowest BCUT2D eigenvalue weighted by molar-refractivity contribution is -0.142. The van der Waals surface area contributed by atoms with Crippen molar-refractivity contribution in [3.8, 4) is 11.8 Å². The summed E-state index contributed by atoms with van der Waals surface area (Å²) in [5.41, 5.74) is 0.423. The summed E-state index contributed by atoms with van der Waals surface area (Å²) in [4.78, 5) is 16.3.